The average molecular weight is 418 g/mol. The molecule has 7 nitrogen and oxygen atoms in total. The highest BCUT2D eigenvalue weighted by molar-refractivity contribution is 6.02. The second-order valence-corrected chi connectivity index (χ2v) is 7.89. The van der Waals surface area contributed by atoms with Gasteiger partial charge in [-0.2, -0.15) is 5.10 Å². The number of rotatable bonds is 4. The summed E-state index contributed by atoms with van der Waals surface area (Å²) in [5, 5.41) is 4.50. The number of carbonyl (C=O) groups excluding carboxylic acids is 2. The fraction of sp³-hybridized carbons (Fsp3) is 0.292. The Bertz CT molecular complexity index is 1140. The highest BCUT2D eigenvalue weighted by Crippen LogP contribution is 2.26. The van der Waals surface area contributed by atoms with Crippen molar-refractivity contribution >= 4 is 17.5 Å². The predicted octanol–water partition coefficient (Wildman–Crippen LogP) is 3.38. The lowest BCUT2D eigenvalue weighted by Gasteiger charge is -2.39. The van der Waals surface area contributed by atoms with Crippen molar-refractivity contribution in [2.75, 3.05) is 25.1 Å². The van der Waals surface area contributed by atoms with E-state index >= 15 is 0 Å². The molecule has 1 aliphatic heterocycles. The Labute approximate surface area is 181 Å². The van der Waals surface area contributed by atoms with Crippen LogP contribution in [0.15, 0.2) is 54.6 Å². The van der Waals surface area contributed by atoms with Gasteiger partial charge in [0.2, 0.25) is 5.91 Å². The normalized spacial score (nSPS) is 16.5. The number of benzene rings is 2. The van der Waals surface area contributed by atoms with Crippen LogP contribution in [0.4, 0.5) is 5.69 Å². The summed E-state index contributed by atoms with van der Waals surface area (Å²) in [7, 11) is 1.60. The molecule has 0 radical (unpaired) electrons. The van der Waals surface area contributed by atoms with Gasteiger partial charge in [-0.15, -0.1) is 0 Å². The molecule has 1 aliphatic rings. The molecule has 2 amide bonds. The lowest BCUT2D eigenvalue weighted by Crippen LogP contribution is -2.57. The Hall–Kier alpha value is -3.61. The first-order chi connectivity index (χ1) is 14.9. The topological polar surface area (TPSA) is 67.7 Å². The number of aromatic nitrogens is 2. The van der Waals surface area contributed by atoms with Gasteiger partial charge in [0.15, 0.2) is 0 Å². The number of piperazine rings is 1. The molecule has 0 saturated carbocycles. The van der Waals surface area contributed by atoms with E-state index in [1.165, 1.54) is 0 Å². The first-order valence-corrected chi connectivity index (χ1v) is 10.3. The summed E-state index contributed by atoms with van der Waals surface area (Å²) in [6.07, 6.45) is 0. The molecule has 1 saturated heterocycles. The van der Waals surface area contributed by atoms with Crippen LogP contribution in [0.1, 0.15) is 28.7 Å². The number of carbonyl (C=O) groups is 2. The van der Waals surface area contributed by atoms with E-state index in [9.17, 15) is 9.59 Å². The lowest BCUT2D eigenvalue weighted by atomic mass is 10.1. The van der Waals surface area contributed by atoms with Gasteiger partial charge >= 0.3 is 0 Å². The molecule has 3 aromatic rings. The third-order valence-electron chi connectivity index (χ3n) is 5.49. The Balaban J connectivity index is 1.55. The molecule has 0 bridgehead atoms. The lowest BCUT2D eigenvalue weighted by molar-refractivity contribution is -0.121. The summed E-state index contributed by atoms with van der Waals surface area (Å²) in [6.45, 7) is 6.35. The third-order valence-corrected chi connectivity index (χ3v) is 5.49. The molecule has 0 unspecified atom stereocenters. The van der Waals surface area contributed by atoms with Gasteiger partial charge in [0.1, 0.15) is 12.3 Å². The largest absolute Gasteiger partial charge is 0.497 e. The molecule has 0 spiro atoms. The smallest absolute Gasteiger partial charge is 0.254 e. The fourth-order valence-corrected chi connectivity index (χ4v) is 4.11. The molecular formula is C24H26N4O3. The van der Waals surface area contributed by atoms with Gasteiger partial charge in [0.05, 0.1) is 24.5 Å². The standard InChI is InChI=1S/C24H26N4O3/c1-16-11-17(2)28(25-16)21-9-5-7-19(12-21)24(30)26-14-18(3)27(23(29)15-26)20-8-6-10-22(13-20)31-4/h5-13,18H,14-15H2,1-4H3/t18-/m0/s1. The second-order valence-electron chi connectivity index (χ2n) is 7.89. The highest BCUT2D eigenvalue weighted by Gasteiger charge is 2.33. The zero-order chi connectivity index (χ0) is 22.1. The van der Waals surface area contributed by atoms with Crippen molar-refractivity contribution in [1.29, 1.82) is 0 Å². The van der Waals surface area contributed by atoms with Gasteiger partial charge in [-0.05, 0) is 57.2 Å². The van der Waals surface area contributed by atoms with Crippen molar-refractivity contribution in [2.45, 2.75) is 26.8 Å². The molecule has 0 aliphatic carbocycles. The maximum Gasteiger partial charge on any atom is 0.254 e. The van der Waals surface area contributed by atoms with Crippen LogP contribution in [0.5, 0.6) is 5.75 Å². The molecular weight excluding hydrogens is 392 g/mol. The van der Waals surface area contributed by atoms with Gasteiger partial charge in [-0.1, -0.05) is 12.1 Å². The van der Waals surface area contributed by atoms with Crippen molar-refractivity contribution in [3.8, 4) is 11.4 Å². The van der Waals surface area contributed by atoms with Gasteiger partial charge in [0.25, 0.3) is 5.91 Å². The number of aryl methyl sites for hydroxylation is 2. The van der Waals surface area contributed by atoms with Gasteiger partial charge < -0.3 is 14.5 Å². The average Bonchev–Trinajstić information content (AvgIpc) is 3.11. The Morgan fingerprint density at radius 1 is 1.06 bits per heavy atom. The number of hydrogen-bond donors (Lipinski definition) is 0. The minimum absolute atomic E-state index is 0.0323. The Morgan fingerprint density at radius 3 is 2.48 bits per heavy atom. The zero-order valence-corrected chi connectivity index (χ0v) is 18.2. The molecule has 1 aromatic heterocycles. The quantitative estimate of drug-likeness (QED) is 0.652. The molecule has 1 atom stereocenters. The summed E-state index contributed by atoms with van der Waals surface area (Å²) < 4.78 is 7.10. The first-order valence-electron chi connectivity index (χ1n) is 10.3. The number of anilines is 1. The molecule has 7 heteroatoms. The van der Waals surface area contributed by atoms with Crippen molar-refractivity contribution in [2.24, 2.45) is 0 Å². The summed E-state index contributed by atoms with van der Waals surface area (Å²) >= 11 is 0. The number of nitrogens with zero attached hydrogens (tertiary/aromatic N) is 4. The number of hydrogen-bond acceptors (Lipinski definition) is 4. The number of ether oxygens (including phenoxy) is 1. The van der Waals surface area contributed by atoms with Gasteiger partial charge in [0, 0.05) is 29.6 Å². The third kappa shape index (κ3) is 4.03. The highest BCUT2D eigenvalue weighted by atomic mass is 16.5. The van der Waals surface area contributed by atoms with Crippen LogP contribution in [0.2, 0.25) is 0 Å². The van der Waals surface area contributed by atoms with Crippen molar-refractivity contribution in [1.82, 2.24) is 14.7 Å². The van der Waals surface area contributed by atoms with E-state index < -0.39 is 0 Å². The SMILES string of the molecule is COc1cccc(N2C(=O)CN(C(=O)c3cccc(-n4nc(C)cc4C)c3)C[C@@H]2C)c1. The molecule has 0 N–H and O–H groups in total. The maximum absolute atomic E-state index is 13.2. The zero-order valence-electron chi connectivity index (χ0n) is 18.2. The van der Waals surface area contributed by atoms with Crippen LogP contribution in [-0.4, -0.2) is 52.7 Å². The maximum atomic E-state index is 13.2. The van der Waals surface area contributed by atoms with E-state index in [0.29, 0.717) is 17.9 Å². The van der Waals surface area contributed by atoms with E-state index in [4.69, 9.17) is 4.74 Å². The van der Waals surface area contributed by atoms with E-state index in [-0.39, 0.29) is 24.4 Å². The van der Waals surface area contributed by atoms with E-state index in [2.05, 4.69) is 5.10 Å². The van der Waals surface area contributed by atoms with Crippen LogP contribution in [0.25, 0.3) is 5.69 Å². The second kappa shape index (κ2) is 8.26. The summed E-state index contributed by atoms with van der Waals surface area (Å²) in [4.78, 5) is 29.5. The number of amides is 2. The Kier molecular flexibility index (Phi) is 5.50. The summed E-state index contributed by atoms with van der Waals surface area (Å²) in [5.41, 5.74) is 4.06. The molecule has 2 heterocycles. The summed E-state index contributed by atoms with van der Waals surface area (Å²) in [5.74, 6) is 0.417. The van der Waals surface area contributed by atoms with Crippen molar-refractivity contribution < 1.29 is 14.3 Å². The van der Waals surface area contributed by atoms with Crippen molar-refractivity contribution in [3.63, 3.8) is 0 Å². The van der Waals surface area contributed by atoms with E-state index in [0.717, 1.165) is 22.8 Å². The Morgan fingerprint density at radius 2 is 1.81 bits per heavy atom. The number of methoxy groups -OCH3 is 1. The monoisotopic (exact) mass is 418 g/mol. The van der Waals surface area contributed by atoms with Crippen LogP contribution in [-0.2, 0) is 4.79 Å². The predicted molar refractivity (Wildman–Crippen MR) is 119 cm³/mol. The minimum atomic E-state index is -0.158. The van der Waals surface area contributed by atoms with Crippen LogP contribution in [0, 0.1) is 13.8 Å². The van der Waals surface area contributed by atoms with E-state index in [1.807, 2.05) is 74.0 Å². The van der Waals surface area contributed by atoms with Crippen LogP contribution < -0.4 is 9.64 Å². The summed E-state index contributed by atoms with van der Waals surface area (Å²) in [6, 6.07) is 16.6. The fourth-order valence-electron chi connectivity index (χ4n) is 4.11. The molecule has 160 valence electrons. The molecule has 2 aromatic carbocycles. The van der Waals surface area contributed by atoms with Crippen molar-refractivity contribution in [3.05, 3.63) is 71.5 Å². The van der Waals surface area contributed by atoms with Gasteiger partial charge in [-0.3, -0.25) is 9.59 Å². The first kappa shape index (κ1) is 20.7. The molecule has 31 heavy (non-hydrogen) atoms. The molecule has 4 rings (SSSR count). The van der Waals surface area contributed by atoms with Gasteiger partial charge in [-0.25, -0.2) is 4.68 Å². The minimum Gasteiger partial charge on any atom is -0.497 e. The van der Waals surface area contributed by atoms with Crippen LogP contribution >= 0.6 is 0 Å². The molecule has 1 fully saturated rings. The van der Waals surface area contributed by atoms with Crippen LogP contribution in [0.3, 0.4) is 0 Å². The van der Waals surface area contributed by atoms with E-state index in [1.54, 1.807) is 23.0 Å².